The SMILES string of the molecule is Cc1ccc(S(=O)(=O)N2CCCCCC[C@@H]2C(=O)O)cc1. The lowest BCUT2D eigenvalue weighted by Gasteiger charge is -2.30. The van der Waals surface area contributed by atoms with E-state index in [0.29, 0.717) is 12.8 Å². The summed E-state index contributed by atoms with van der Waals surface area (Å²) in [4.78, 5) is 11.6. The number of aliphatic carboxylic acids is 1. The molecule has 0 bridgehead atoms. The summed E-state index contributed by atoms with van der Waals surface area (Å²) in [5, 5.41) is 9.37. The van der Waals surface area contributed by atoms with Crippen molar-refractivity contribution in [3.63, 3.8) is 0 Å². The molecule has 0 unspecified atom stereocenters. The Hall–Kier alpha value is -1.40. The Bertz CT molecular complexity index is 595. The number of sulfonamides is 1. The van der Waals surface area contributed by atoms with E-state index in [1.807, 2.05) is 6.92 Å². The van der Waals surface area contributed by atoms with Crippen LogP contribution in [-0.4, -0.2) is 36.4 Å². The van der Waals surface area contributed by atoms with Crippen LogP contribution in [0.4, 0.5) is 0 Å². The van der Waals surface area contributed by atoms with Gasteiger partial charge >= 0.3 is 5.97 Å². The zero-order valence-corrected chi connectivity index (χ0v) is 13.0. The van der Waals surface area contributed by atoms with E-state index < -0.39 is 22.0 Å². The van der Waals surface area contributed by atoms with Crippen LogP contribution in [0.15, 0.2) is 29.2 Å². The van der Waals surface area contributed by atoms with E-state index in [1.54, 1.807) is 24.3 Å². The average Bonchev–Trinajstić information content (AvgIpc) is 2.38. The molecule has 0 amide bonds. The van der Waals surface area contributed by atoms with E-state index in [2.05, 4.69) is 0 Å². The predicted molar refractivity (Wildman–Crippen MR) is 79.6 cm³/mol. The number of benzene rings is 1. The number of nitrogens with zero attached hydrogens (tertiary/aromatic N) is 1. The summed E-state index contributed by atoms with van der Waals surface area (Å²) in [5.74, 6) is -1.06. The summed E-state index contributed by atoms with van der Waals surface area (Å²) in [6.45, 7) is 2.15. The molecular formula is C15H21NO4S. The van der Waals surface area contributed by atoms with Gasteiger partial charge in [-0.15, -0.1) is 0 Å². The molecule has 0 radical (unpaired) electrons. The van der Waals surface area contributed by atoms with Crippen LogP contribution in [-0.2, 0) is 14.8 Å². The normalized spacial score (nSPS) is 21.5. The lowest BCUT2D eigenvalue weighted by atomic mass is 10.0. The van der Waals surface area contributed by atoms with Crippen molar-refractivity contribution < 1.29 is 18.3 Å². The van der Waals surface area contributed by atoms with Gasteiger partial charge in [0.2, 0.25) is 10.0 Å². The van der Waals surface area contributed by atoms with Gasteiger partial charge in [0.05, 0.1) is 4.90 Å². The molecule has 1 aliphatic heterocycles. The zero-order chi connectivity index (χ0) is 15.5. The van der Waals surface area contributed by atoms with E-state index in [9.17, 15) is 18.3 Å². The van der Waals surface area contributed by atoms with Crippen LogP contribution in [0.2, 0.25) is 0 Å². The fourth-order valence-electron chi connectivity index (χ4n) is 2.64. The molecule has 1 fully saturated rings. The van der Waals surface area contributed by atoms with Crippen LogP contribution in [0.25, 0.3) is 0 Å². The summed E-state index contributed by atoms with van der Waals surface area (Å²) in [7, 11) is -3.76. The van der Waals surface area contributed by atoms with Crippen molar-refractivity contribution in [2.75, 3.05) is 6.54 Å². The topological polar surface area (TPSA) is 74.7 Å². The van der Waals surface area contributed by atoms with Crippen molar-refractivity contribution in [2.45, 2.75) is 50.0 Å². The van der Waals surface area contributed by atoms with Gasteiger partial charge in [0, 0.05) is 6.54 Å². The molecule has 0 saturated carbocycles. The monoisotopic (exact) mass is 311 g/mol. The van der Waals surface area contributed by atoms with Crippen LogP contribution in [0.3, 0.4) is 0 Å². The number of rotatable bonds is 3. The van der Waals surface area contributed by atoms with Gasteiger partial charge in [-0.2, -0.15) is 4.31 Å². The lowest BCUT2D eigenvalue weighted by molar-refractivity contribution is -0.141. The highest BCUT2D eigenvalue weighted by atomic mass is 32.2. The summed E-state index contributed by atoms with van der Waals surface area (Å²) in [6, 6.07) is 5.58. The molecule has 1 aromatic carbocycles. The Morgan fingerprint density at radius 2 is 1.76 bits per heavy atom. The third-order valence-electron chi connectivity index (χ3n) is 3.87. The maximum atomic E-state index is 12.7. The molecule has 1 N–H and O–H groups in total. The third kappa shape index (κ3) is 3.63. The van der Waals surface area contributed by atoms with Crippen molar-refractivity contribution in [1.82, 2.24) is 4.31 Å². The first-order valence-electron chi connectivity index (χ1n) is 7.24. The van der Waals surface area contributed by atoms with Gasteiger partial charge < -0.3 is 5.11 Å². The van der Waals surface area contributed by atoms with Crippen LogP contribution in [0.5, 0.6) is 0 Å². The van der Waals surface area contributed by atoms with Crippen molar-refractivity contribution in [1.29, 1.82) is 0 Å². The first-order chi connectivity index (χ1) is 9.93. The minimum Gasteiger partial charge on any atom is -0.480 e. The Morgan fingerprint density at radius 3 is 2.38 bits per heavy atom. The second kappa shape index (κ2) is 6.58. The minimum atomic E-state index is -3.76. The third-order valence-corrected chi connectivity index (χ3v) is 5.79. The van der Waals surface area contributed by atoms with Crippen molar-refractivity contribution >= 4 is 16.0 Å². The molecule has 0 aliphatic carbocycles. The highest BCUT2D eigenvalue weighted by Crippen LogP contribution is 2.24. The maximum absolute atomic E-state index is 12.7. The molecule has 0 aromatic heterocycles. The zero-order valence-electron chi connectivity index (χ0n) is 12.2. The van der Waals surface area contributed by atoms with E-state index >= 15 is 0 Å². The lowest BCUT2D eigenvalue weighted by Crippen LogP contribution is -2.46. The molecule has 1 aromatic rings. The minimum absolute atomic E-state index is 0.167. The molecule has 5 nitrogen and oxygen atoms in total. The number of aryl methyl sites for hydroxylation is 1. The molecule has 1 saturated heterocycles. The summed E-state index contributed by atoms with van der Waals surface area (Å²) in [6.07, 6.45) is 3.72. The van der Waals surface area contributed by atoms with Crippen LogP contribution in [0, 0.1) is 6.92 Å². The summed E-state index contributed by atoms with van der Waals surface area (Å²) < 4.78 is 26.6. The second-order valence-electron chi connectivity index (χ2n) is 5.49. The van der Waals surface area contributed by atoms with E-state index in [1.165, 1.54) is 4.31 Å². The Morgan fingerprint density at radius 1 is 1.14 bits per heavy atom. The Labute approximate surface area is 125 Å². The van der Waals surface area contributed by atoms with Gasteiger partial charge in [-0.05, 0) is 31.9 Å². The van der Waals surface area contributed by atoms with E-state index in [0.717, 1.165) is 24.8 Å². The first kappa shape index (κ1) is 16.0. The van der Waals surface area contributed by atoms with Gasteiger partial charge in [0.25, 0.3) is 0 Å². The smallest absolute Gasteiger partial charge is 0.322 e. The van der Waals surface area contributed by atoms with Crippen LogP contribution < -0.4 is 0 Å². The van der Waals surface area contributed by atoms with Crippen LogP contribution >= 0.6 is 0 Å². The highest BCUT2D eigenvalue weighted by Gasteiger charge is 2.35. The fourth-order valence-corrected chi connectivity index (χ4v) is 4.29. The van der Waals surface area contributed by atoms with Gasteiger partial charge in [-0.3, -0.25) is 4.79 Å². The molecule has 21 heavy (non-hydrogen) atoms. The fraction of sp³-hybridized carbons (Fsp3) is 0.533. The van der Waals surface area contributed by atoms with E-state index in [4.69, 9.17) is 0 Å². The first-order valence-corrected chi connectivity index (χ1v) is 8.68. The number of carboxylic acids is 1. The number of hydrogen-bond donors (Lipinski definition) is 1. The van der Waals surface area contributed by atoms with Crippen molar-refractivity contribution in [3.05, 3.63) is 29.8 Å². The second-order valence-corrected chi connectivity index (χ2v) is 7.38. The molecule has 0 spiro atoms. The average molecular weight is 311 g/mol. The van der Waals surface area contributed by atoms with Gasteiger partial charge in [0.15, 0.2) is 0 Å². The molecular weight excluding hydrogens is 290 g/mol. The molecule has 1 heterocycles. The molecule has 2 rings (SSSR count). The van der Waals surface area contributed by atoms with Crippen molar-refractivity contribution in [2.24, 2.45) is 0 Å². The van der Waals surface area contributed by atoms with Gasteiger partial charge in [-0.25, -0.2) is 8.42 Å². The summed E-state index contributed by atoms with van der Waals surface area (Å²) in [5.41, 5.74) is 0.969. The predicted octanol–water partition coefficient (Wildman–Crippen LogP) is 2.40. The van der Waals surface area contributed by atoms with Crippen molar-refractivity contribution in [3.8, 4) is 0 Å². The van der Waals surface area contributed by atoms with Crippen LogP contribution in [0.1, 0.15) is 37.7 Å². The molecule has 1 aliphatic rings. The van der Waals surface area contributed by atoms with Gasteiger partial charge in [-0.1, -0.05) is 37.0 Å². The highest BCUT2D eigenvalue weighted by molar-refractivity contribution is 7.89. The number of carbonyl (C=O) groups is 1. The maximum Gasteiger partial charge on any atom is 0.322 e. The number of carboxylic acid groups (broad SMARTS) is 1. The van der Waals surface area contributed by atoms with E-state index in [-0.39, 0.29) is 11.4 Å². The largest absolute Gasteiger partial charge is 0.480 e. The Kier molecular flexibility index (Phi) is 5.00. The molecule has 116 valence electrons. The quantitative estimate of drug-likeness (QED) is 0.930. The molecule has 6 heteroatoms. The summed E-state index contributed by atoms with van der Waals surface area (Å²) >= 11 is 0. The number of hydrogen-bond acceptors (Lipinski definition) is 3. The molecule has 1 atom stereocenters. The Balaban J connectivity index is 2.37. The van der Waals surface area contributed by atoms with Gasteiger partial charge in [0.1, 0.15) is 6.04 Å². The standard InChI is InChI=1S/C15H21NO4S/c1-12-7-9-13(10-8-12)21(19,20)16-11-5-3-2-4-6-14(16)15(17)18/h7-10,14H,2-6,11H2,1H3,(H,17,18)/t14-/m1/s1.